The van der Waals surface area contributed by atoms with Crippen molar-refractivity contribution in [1.82, 2.24) is 5.32 Å². The first-order valence-corrected chi connectivity index (χ1v) is 7.22. The smallest absolute Gasteiger partial charge is 0.327 e. The molecule has 114 valence electrons. The van der Waals surface area contributed by atoms with E-state index in [1.165, 1.54) is 12.1 Å². The lowest BCUT2D eigenvalue weighted by Gasteiger charge is -2.29. The highest BCUT2D eigenvalue weighted by molar-refractivity contribution is 5.79. The summed E-state index contributed by atoms with van der Waals surface area (Å²) in [4.78, 5) is 22.7. The molecule has 1 aromatic carbocycles. The van der Waals surface area contributed by atoms with Crippen molar-refractivity contribution >= 4 is 11.7 Å². The summed E-state index contributed by atoms with van der Waals surface area (Å²) >= 11 is 0. The third-order valence-corrected chi connectivity index (χ3v) is 3.61. The van der Waals surface area contributed by atoms with E-state index >= 15 is 0 Å². The van der Waals surface area contributed by atoms with Gasteiger partial charge in [0.05, 0.1) is 11.5 Å². The Bertz CT molecular complexity index is 544. The van der Waals surface area contributed by atoms with Crippen molar-refractivity contribution in [3.63, 3.8) is 0 Å². The van der Waals surface area contributed by atoms with Crippen molar-refractivity contribution < 1.29 is 14.5 Å². The van der Waals surface area contributed by atoms with Crippen LogP contribution in [0.25, 0.3) is 0 Å². The highest BCUT2D eigenvalue weighted by Gasteiger charge is 2.31. The Labute approximate surface area is 123 Å². The second-order valence-electron chi connectivity index (χ2n) is 5.37. The highest BCUT2D eigenvalue weighted by Crippen LogP contribution is 2.29. The number of unbranched alkanes of at least 4 members (excludes halogenated alkanes) is 1. The fourth-order valence-electron chi connectivity index (χ4n) is 2.51. The number of non-ortho nitro benzene ring substituents is 1. The number of rotatable bonds is 5. The summed E-state index contributed by atoms with van der Waals surface area (Å²) in [5.41, 5.74) is 1.62. The van der Waals surface area contributed by atoms with Crippen LogP contribution in [0.2, 0.25) is 0 Å². The second-order valence-corrected chi connectivity index (χ2v) is 5.37. The van der Waals surface area contributed by atoms with Crippen LogP contribution in [0.4, 0.5) is 5.69 Å². The molecule has 0 spiro atoms. The molecule has 0 aliphatic carbocycles. The lowest BCUT2D eigenvalue weighted by molar-refractivity contribution is -0.385. The number of nitro benzene ring substituents is 1. The number of carbonyl (C=O) groups excluding carboxylic acids is 1. The average molecular weight is 292 g/mol. The van der Waals surface area contributed by atoms with Gasteiger partial charge in [0.2, 0.25) is 0 Å². The first-order chi connectivity index (χ1) is 10.0. The van der Waals surface area contributed by atoms with Crippen LogP contribution in [0.5, 0.6) is 0 Å². The minimum atomic E-state index is -0.625. The number of nitrogens with one attached hydrogen (secondary N) is 1. The molecule has 6 nitrogen and oxygen atoms in total. The van der Waals surface area contributed by atoms with Crippen LogP contribution in [0.3, 0.4) is 0 Å². The Balaban J connectivity index is 2.25. The maximum Gasteiger partial charge on any atom is 0.327 e. The third kappa shape index (κ3) is 3.58. The van der Waals surface area contributed by atoms with Gasteiger partial charge < -0.3 is 4.74 Å². The molecule has 0 aromatic heterocycles. The Morgan fingerprint density at radius 1 is 1.52 bits per heavy atom. The molecular weight excluding hydrogens is 272 g/mol. The molecule has 0 radical (unpaired) electrons. The SMILES string of the molecule is CCCCOC(=O)[C@@H]1N[C@@H](C)Cc2ccc([N+](=O)[O-])cc21. The van der Waals surface area contributed by atoms with Crippen LogP contribution < -0.4 is 5.32 Å². The molecule has 1 aliphatic heterocycles. The first kappa shape index (κ1) is 15.4. The summed E-state index contributed by atoms with van der Waals surface area (Å²) in [6.45, 7) is 4.39. The number of nitro groups is 1. The number of nitrogens with zero attached hydrogens (tertiary/aromatic N) is 1. The summed E-state index contributed by atoms with van der Waals surface area (Å²) in [6, 6.07) is 4.19. The van der Waals surface area contributed by atoms with E-state index < -0.39 is 11.0 Å². The summed E-state index contributed by atoms with van der Waals surface area (Å²) in [5.74, 6) is -0.364. The molecule has 21 heavy (non-hydrogen) atoms. The summed E-state index contributed by atoms with van der Waals surface area (Å²) < 4.78 is 5.26. The van der Waals surface area contributed by atoms with Gasteiger partial charge in [-0.25, -0.2) is 4.79 Å². The number of hydrogen-bond donors (Lipinski definition) is 1. The Morgan fingerprint density at radius 3 is 2.95 bits per heavy atom. The molecule has 2 atom stereocenters. The predicted octanol–water partition coefficient (Wildman–Crippen LogP) is 2.51. The summed E-state index contributed by atoms with van der Waals surface area (Å²) in [7, 11) is 0. The monoisotopic (exact) mass is 292 g/mol. The molecule has 0 bridgehead atoms. The minimum absolute atomic E-state index is 0.00328. The second kappa shape index (κ2) is 6.67. The van der Waals surface area contributed by atoms with E-state index in [9.17, 15) is 14.9 Å². The zero-order chi connectivity index (χ0) is 15.4. The molecule has 2 rings (SSSR count). The standard InChI is InChI=1S/C15H20N2O4/c1-3-4-7-21-15(18)14-13-9-12(17(19)20)6-5-11(13)8-10(2)16-14/h5-6,9-10,14,16H,3-4,7-8H2,1-2H3/t10-,14+/m0/s1. The van der Waals surface area contributed by atoms with Crippen molar-refractivity contribution in [3.05, 3.63) is 39.4 Å². The number of esters is 1. The van der Waals surface area contributed by atoms with Gasteiger partial charge in [0, 0.05) is 18.2 Å². The zero-order valence-electron chi connectivity index (χ0n) is 12.3. The average Bonchev–Trinajstić information content (AvgIpc) is 2.45. The van der Waals surface area contributed by atoms with E-state index in [0.717, 1.165) is 24.8 Å². The largest absolute Gasteiger partial charge is 0.464 e. The van der Waals surface area contributed by atoms with Gasteiger partial charge in [0.15, 0.2) is 0 Å². The maximum atomic E-state index is 12.2. The van der Waals surface area contributed by atoms with Gasteiger partial charge in [-0.3, -0.25) is 15.4 Å². The normalized spacial score (nSPS) is 20.7. The van der Waals surface area contributed by atoms with Crippen molar-refractivity contribution in [1.29, 1.82) is 0 Å². The summed E-state index contributed by atoms with van der Waals surface area (Å²) in [5, 5.41) is 14.1. The van der Waals surface area contributed by atoms with Gasteiger partial charge in [0.25, 0.3) is 5.69 Å². The van der Waals surface area contributed by atoms with Crippen LogP contribution >= 0.6 is 0 Å². The highest BCUT2D eigenvalue weighted by atomic mass is 16.6. The minimum Gasteiger partial charge on any atom is -0.464 e. The molecule has 0 fully saturated rings. The topological polar surface area (TPSA) is 81.5 Å². The Hall–Kier alpha value is -1.95. The number of hydrogen-bond acceptors (Lipinski definition) is 5. The first-order valence-electron chi connectivity index (χ1n) is 7.22. The Kier molecular flexibility index (Phi) is 4.90. The van der Waals surface area contributed by atoms with Crippen molar-refractivity contribution in [3.8, 4) is 0 Å². The number of ether oxygens (including phenoxy) is 1. The molecule has 1 aromatic rings. The molecule has 0 saturated carbocycles. The lowest BCUT2D eigenvalue weighted by Crippen LogP contribution is -2.42. The molecule has 0 saturated heterocycles. The number of fused-ring (bicyclic) bond motifs is 1. The van der Waals surface area contributed by atoms with Gasteiger partial charge >= 0.3 is 5.97 Å². The van der Waals surface area contributed by atoms with Crippen LogP contribution in [0, 0.1) is 10.1 Å². The van der Waals surface area contributed by atoms with Crippen molar-refractivity contribution in [2.45, 2.75) is 45.2 Å². The third-order valence-electron chi connectivity index (χ3n) is 3.61. The quantitative estimate of drug-likeness (QED) is 0.390. The van der Waals surface area contributed by atoms with E-state index in [1.807, 2.05) is 13.8 Å². The van der Waals surface area contributed by atoms with Gasteiger partial charge in [-0.15, -0.1) is 0 Å². The van der Waals surface area contributed by atoms with Gasteiger partial charge in [-0.1, -0.05) is 19.4 Å². The van der Waals surface area contributed by atoms with Crippen LogP contribution in [-0.4, -0.2) is 23.5 Å². The van der Waals surface area contributed by atoms with E-state index in [4.69, 9.17) is 4.74 Å². The fourth-order valence-corrected chi connectivity index (χ4v) is 2.51. The maximum absolute atomic E-state index is 12.2. The van der Waals surface area contributed by atoms with E-state index in [2.05, 4.69) is 5.32 Å². The Morgan fingerprint density at radius 2 is 2.29 bits per heavy atom. The van der Waals surface area contributed by atoms with E-state index in [0.29, 0.717) is 12.2 Å². The summed E-state index contributed by atoms with van der Waals surface area (Å²) in [6.07, 6.45) is 2.51. The number of benzene rings is 1. The molecule has 1 aliphatic rings. The predicted molar refractivity (Wildman–Crippen MR) is 78.0 cm³/mol. The van der Waals surface area contributed by atoms with Crippen LogP contribution in [-0.2, 0) is 16.0 Å². The van der Waals surface area contributed by atoms with Gasteiger partial charge in [-0.2, -0.15) is 0 Å². The van der Waals surface area contributed by atoms with Crippen LogP contribution in [0.1, 0.15) is 43.9 Å². The van der Waals surface area contributed by atoms with Crippen LogP contribution in [0.15, 0.2) is 18.2 Å². The van der Waals surface area contributed by atoms with E-state index in [-0.39, 0.29) is 17.7 Å². The molecule has 1 heterocycles. The van der Waals surface area contributed by atoms with Gasteiger partial charge in [-0.05, 0) is 30.9 Å². The van der Waals surface area contributed by atoms with Crippen molar-refractivity contribution in [2.24, 2.45) is 0 Å². The van der Waals surface area contributed by atoms with E-state index in [1.54, 1.807) is 6.07 Å². The number of carbonyl (C=O) groups is 1. The zero-order valence-corrected chi connectivity index (χ0v) is 12.3. The molecule has 1 N–H and O–H groups in total. The molecule has 6 heteroatoms. The lowest BCUT2D eigenvalue weighted by atomic mass is 9.90. The fraction of sp³-hybridized carbons (Fsp3) is 0.533. The molecule has 0 amide bonds. The molecular formula is C15H20N2O4. The molecule has 0 unspecified atom stereocenters. The van der Waals surface area contributed by atoms with Crippen molar-refractivity contribution in [2.75, 3.05) is 6.61 Å². The van der Waals surface area contributed by atoms with Gasteiger partial charge in [0.1, 0.15) is 6.04 Å².